The predicted molar refractivity (Wildman–Crippen MR) is 130 cm³/mol. The molecular formula is C27H40FN3O3. The van der Waals surface area contributed by atoms with Gasteiger partial charge < -0.3 is 19.4 Å². The van der Waals surface area contributed by atoms with Crippen LogP contribution in [0.4, 0.5) is 4.39 Å². The van der Waals surface area contributed by atoms with Gasteiger partial charge in [0.05, 0.1) is 0 Å². The van der Waals surface area contributed by atoms with Crippen LogP contribution in [0, 0.1) is 17.7 Å². The Balaban J connectivity index is 1.41. The highest BCUT2D eigenvalue weighted by atomic mass is 19.1. The molecule has 7 heteroatoms. The van der Waals surface area contributed by atoms with Crippen molar-refractivity contribution in [3.8, 4) is 5.75 Å². The first-order chi connectivity index (χ1) is 16.4. The van der Waals surface area contributed by atoms with Crippen LogP contribution in [0.25, 0.3) is 0 Å². The van der Waals surface area contributed by atoms with Crippen LogP contribution >= 0.6 is 0 Å². The van der Waals surface area contributed by atoms with Crippen LogP contribution in [0.2, 0.25) is 0 Å². The van der Waals surface area contributed by atoms with Crippen molar-refractivity contribution < 1.29 is 18.7 Å². The molecule has 0 saturated carbocycles. The van der Waals surface area contributed by atoms with Gasteiger partial charge in [-0.05, 0) is 83.3 Å². The number of carbonyl (C=O) groups is 2. The van der Waals surface area contributed by atoms with Crippen LogP contribution in [-0.2, 0) is 9.59 Å². The van der Waals surface area contributed by atoms with Crippen LogP contribution in [0.3, 0.4) is 0 Å². The largest absolute Gasteiger partial charge is 0.490 e. The summed E-state index contributed by atoms with van der Waals surface area (Å²) >= 11 is 0. The zero-order chi connectivity index (χ0) is 24.1. The Bertz CT molecular complexity index is 817. The SMILES string of the molecule is CC(C)N1CCC(C(=O)N2CC[C@H](Oc3ccc(F)cc3)[C@@H](CC(=O)N3CCCCC3)C2)CC1. The van der Waals surface area contributed by atoms with Gasteiger partial charge in [0.1, 0.15) is 17.7 Å². The first-order valence-corrected chi connectivity index (χ1v) is 13.1. The normalized spacial score (nSPS) is 24.9. The molecule has 3 aliphatic heterocycles. The number of hydrogen-bond donors (Lipinski definition) is 0. The molecule has 4 rings (SSSR count). The molecule has 0 radical (unpaired) electrons. The van der Waals surface area contributed by atoms with E-state index in [-0.39, 0.29) is 35.6 Å². The molecule has 34 heavy (non-hydrogen) atoms. The highest BCUT2D eigenvalue weighted by Gasteiger charge is 2.38. The van der Waals surface area contributed by atoms with Gasteiger partial charge in [-0.2, -0.15) is 0 Å². The predicted octanol–water partition coefficient (Wildman–Crippen LogP) is 3.94. The lowest BCUT2D eigenvalue weighted by Crippen LogP contribution is -2.52. The minimum absolute atomic E-state index is 0.0621. The number of benzene rings is 1. The van der Waals surface area contributed by atoms with E-state index in [0.29, 0.717) is 37.7 Å². The Kier molecular flexibility index (Phi) is 8.46. The second-order valence-corrected chi connectivity index (χ2v) is 10.5. The third kappa shape index (κ3) is 6.29. The van der Waals surface area contributed by atoms with Crippen LogP contribution in [-0.4, -0.2) is 77.9 Å². The number of piperidine rings is 3. The summed E-state index contributed by atoms with van der Waals surface area (Å²) in [5, 5.41) is 0. The van der Waals surface area contributed by atoms with E-state index in [1.807, 2.05) is 9.80 Å². The molecule has 0 spiro atoms. The van der Waals surface area contributed by atoms with Crippen molar-refractivity contribution in [1.29, 1.82) is 0 Å². The second kappa shape index (κ2) is 11.5. The first-order valence-electron chi connectivity index (χ1n) is 13.1. The van der Waals surface area contributed by atoms with Gasteiger partial charge in [0.15, 0.2) is 0 Å². The van der Waals surface area contributed by atoms with Crippen molar-refractivity contribution in [2.45, 2.75) is 70.9 Å². The number of likely N-dealkylation sites (tertiary alicyclic amines) is 3. The maximum absolute atomic E-state index is 13.4. The lowest BCUT2D eigenvalue weighted by Gasteiger charge is -2.42. The second-order valence-electron chi connectivity index (χ2n) is 10.5. The van der Waals surface area contributed by atoms with Gasteiger partial charge in [-0.25, -0.2) is 4.39 Å². The fourth-order valence-electron chi connectivity index (χ4n) is 5.67. The molecule has 2 amide bonds. The maximum atomic E-state index is 13.4. The molecule has 1 aromatic carbocycles. The summed E-state index contributed by atoms with van der Waals surface area (Å²) in [7, 11) is 0. The maximum Gasteiger partial charge on any atom is 0.225 e. The lowest BCUT2D eigenvalue weighted by molar-refractivity contribution is -0.143. The standard InChI is InChI=1S/C27H40FN3O3/c1-20(2)29-15-10-21(11-16-29)27(33)31-17-12-25(34-24-8-6-23(28)7-9-24)22(19-31)18-26(32)30-13-4-3-5-14-30/h6-9,20-22,25H,3-5,10-19H2,1-2H3/t22-,25-/m0/s1. The van der Waals surface area contributed by atoms with Gasteiger partial charge in [-0.15, -0.1) is 0 Å². The van der Waals surface area contributed by atoms with E-state index in [9.17, 15) is 14.0 Å². The molecule has 1 aromatic rings. The average molecular weight is 474 g/mol. The molecule has 3 saturated heterocycles. The van der Waals surface area contributed by atoms with Crippen molar-refractivity contribution in [3.63, 3.8) is 0 Å². The van der Waals surface area contributed by atoms with E-state index in [4.69, 9.17) is 4.74 Å². The molecule has 3 heterocycles. The number of hydrogen-bond acceptors (Lipinski definition) is 4. The lowest BCUT2D eigenvalue weighted by atomic mass is 9.88. The summed E-state index contributed by atoms with van der Waals surface area (Å²) in [5.74, 6) is 0.725. The quantitative estimate of drug-likeness (QED) is 0.628. The van der Waals surface area contributed by atoms with E-state index in [1.54, 1.807) is 12.1 Å². The van der Waals surface area contributed by atoms with E-state index in [1.165, 1.54) is 18.6 Å². The molecule has 6 nitrogen and oxygen atoms in total. The monoisotopic (exact) mass is 473 g/mol. The Morgan fingerprint density at radius 3 is 2.26 bits per heavy atom. The fourth-order valence-corrected chi connectivity index (χ4v) is 5.67. The van der Waals surface area contributed by atoms with Crippen LogP contribution < -0.4 is 4.74 Å². The van der Waals surface area contributed by atoms with Crippen LogP contribution in [0.1, 0.15) is 58.8 Å². The van der Waals surface area contributed by atoms with Gasteiger partial charge in [0, 0.05) is 56.9 Å². The fraction of sp³-hybridized carbons (Fsp3) is 0.704. The van der Waals surface area contributed by atoms with Gasteiger partial charge in [0.2, 0.25) is 11.8 Å². The summed E-state index contributed by atoms with van der Waals surface area (Å²) in [6.45, 7) is 9.19. The van der Waals surface area contributed by atoms with E-state index in [2.05, 4.69) is 18.7 Å². The minimum Gasteiger partial charge on any atom is -0.490 e. The summed E-state index contributed by atoms with van der Waals surface area (Å²) in [6, 6.07) is 6.58. The molecule has 0 N–H and O–H groups in total. The van der Waals surface area contributed by atoms with E-state index in [0.717, 1.165) is 51.9 Å². The van der Waals surface area contributed by atoms with Gasteiger partial charge in [-0.3, -0.25) is 9.59 Å². The highest BCUT2D eigenvalue weighted by molar-refractivity contribution is 5.80. The molecular weight excluding hydrogens is 433 g/mol. The molecule has 0 aromatic heterocycles. The molecule has 0 bridgehead atoms. The van der Waals surface area contributed by atoms with Crippen molar-refractivity contribution in [3.05, 3.63) is 30.1 Å². The molecule has 3 aliphatic rings. The van der Waals surface area contributed by atoms with Gasteiger partial charge >= 0.3 is 0 Å². The zero-order valence-corrected chi connectivity index (χ0v) is 20.8. The molecule has 0 aliphatic carbocycles. The van der Waals surface area contributed by atoms with Gasteiger partial charge in [0.25, 0.3) is 0 Å². The molecule has 2 atom stereocenters. The summed E-state index contributed by atoms with van der Waals surface area (Å²) < 4.78 is 19.6. The Hall–Kier alpha value is -2.15. The molecule has 188 valence electrons. The zero-order valence-electron chi connectivity index (χ0n) is 20.8. The third-order valence-corrected chi connectivity index (χ3v) is 7.83. The minimum atomic E-state index is -0.298. The van der Waals surface area contributed by atoms with E-state index >= 15 is 0 Å². The average Bonchev–Trinajstić information content (AvgIpc) is 2.86. The Morgan fingerprint density at radius 2 is 1.62 bits per heavy atom. The van der Waals surface area contributed by atoms with Crippen molar-refractivity contribution in [1.82, 2.24) is 14.7 Å². The topological polar surface area (TPSA) is 53.1 Å². The van der Waals surface area contributed by atoms with E-state index < -0.39 is 0 Å². The van der Waals surface area contributed by atoms with Crippen LogP contribution in [0.5, 0.6) is 5.75 Å². The van der Waals surface area contributed by atoms with Crippen molar-refractivity contribution in [2.24, 2.45) is 11.8 Å². The Labute approximate surface area is 203 Å². The summed E-state index contributed by atoms with van der Waals surface area (Å²) in [4.78, 5) is 32.9. The number of nitrogens with zero attached hydrogens (tertiary/aromatic N) is 3. The van der Waals surface area contributed by atoms with Crippen LogP contribution in [0.15, 0.2) is 24.3 Å². The van der Waals surface area contributed by atoms with Crippen molar-refractivity contribution in [2.75, 3.05) is 39.3 Å². The van der Waals surface area contributed by atoms with Crippen molar-refractivity contribution >= 4 is 11.8 Å². The van der Waals surface area contributed by atoms with Gasteiger partial charge in [-0.1, -0.05) is 0 Å². The number of amides is 2. The Morgan fingerprint density at radius 1 is 0.941 bits per heavy atom. The first kappa shape index (κ1) is 25.0. The highest BCUT2D eigenvalue weighted by Crippen LogP contribution is 2.29. The molecule has 3 fully saturated rings. The summed E-state index contributed by atoms with van der Waals surface area (Å²) in [6.07, 6.45) is 6.03. The molecule has 0 unspecified atom stereocenters. The third-order valence-electron chi connectivity index (χ3n) is 7.83. The smallest absolute Gasteiger partial charge is 0.225 e. The number of rotatable bonds is 6. The summed E-state index contributed by atoms with van der Waals surface area (Å²) in [5.41, 5.74) is 0. The number of carbonyl (C=O) groups excluding carboxylic acids is 2. The number of halogens is 1. The number of ether oxygens (including phenoxy) is 1.